The Morgan fingerprint density at radius 3 is 2.39 bits per heavy atom. The smallest absolute Gasteiger partial charge is 0.251 e. The van der Waals surface area contributed by atoms with Crippen molar-refractivity contribution >= 4 is 17.4 Å². The van der Waals surface area contributed by atoms with E-state index in [0.717, 1.165) is 45.1 Å². The van der Waals surface area contributed by atoms with E-state index in [-0.39, 0.29) is 5.91 Å². The van der Waals surface area contributed by atoms with Crippen LogP contribution in [0.1, 0.15) is 10.4 Å². The summed E-state index contributed by atoms with van der Waals surface area (Å²) in [4.78, 5) is 21.4. The highest BCUT2D eigenvalue weighted by atomic mass is 16.1. The summed E-state index contributed by atoms with van der Waals surface area (Å²) in [5.41, 5.74) is 7.39. The molecule has 5 aromatic rings. The van der Waals surface area contributed by atoms with E-state index >= 15 is 0 Å². The van der Waals surface area contributed by atoms with Crippen LogP contribution >= 0.6 is 0 Å². The molecule has 0 aliphatic rings. The average Bonchev–Trinajstić information content (AvgIpc) is 3.32. The number of aromatic nitrogens is 3. The van der Waals surface area contributed by atoms with Gasteiger partial charge in [-0.05, 0) is 47.5 Å². The zero-order valence-corrected chi connectivity index (χ0v) is 18.4. The number of nitrogens with one attached hydrogen (secondary N) is 2. The van der Waals surface area contributed by atoms with Crippen LogP contribution in [0.2, 0.25) is 0 Å². The molecule has 162 valence electrons. The Hall–Kier alpha value is -4.45. The third kappa shape index (κ3) is 3.94. The summed E-state index contributed by atoms with van der Waals surface area (Å²) in [7, 11) is 3.50. The number of imidazole rings is 1. The Morgan fingerprint density at radius 2 is 1.61 bits per heavy atom. The normalized spacial score (nSPS) is 10.8. The molecule has 0 aliphatic heterocycles. The van der Waals surface area contributed by atoms with Crippen molar-refractivity contribution in [2.24, 2.45) is 0 Å². The van der Waals surface area contributed by atoms with Crippen LogP contribution in [0.4, 0.5) is 5.82 Å². The number of hydrogen-bond acceptors (Lipinski definition) is 4. The molecule has 6 nitrogen and oxygen atoms in total. The van der Waals surface area contributed by atoms with E-state index in [1.165, 1.54) is 0 Å². The van der Waals surface area contributed by atoms with Gasteiger partial charge in [-0.3, -0.25) is 9.20 Å². The third-order valence-corrected chi connectivity index (χ3v) is 5.65. The van der Waals surface area contributed by atoms with E-state index in [9.17, 15) is 4.79 Å². The lowest BCUT2D eigenvalue weighted by atomic mass is 10.0. The molecule has 3 heterocycles. The number of nitrogens with zero attached hydrogens (tertiary/aromatic N) is 3. The van der Waals surface area contributed by atoms with Gasteiger partial charge in [0.1, 0.15) is 11.5 Å². The van der Waals surface area contributed by atoms with Gasteiger partial charge in [-0.2, -0.15) is 0 Å². The second-order valence-electron chi connectivity index (χ2n) is 7.69. The SMILES string of the molecule is CNC(=O)c1cccc(-c2ccn3c(-c4cc(NC)nc(-c5ccccc5)c4)cnc3c2)c1. The second-order valence-corrected chi connectivity index (χ2v) is 7.69. The van der Waals surface area contributed by atoms with Crippen LogP contribution in [0.15, 0.2) is 91.3 Å². The molecular weight excluding hydrogens is 410 g/mol. The molecule has 0 bridgehead atoms. The van der Waals surface area contributed by atoms with Gasteiger partial charge in [-0.25, -0.2) is 9.97 Å². The number of carbonyl (C=O) groups excluding carboxylic acids is 1. The Labute approximate surface area is 192 Å². The van der Waals surface area contributed by atoms with Crippen molar-refractivity contribution in [3.63, 3.8) is 0 Å². The number of anilines is 1. The van der Waals surface area contributed by atoms with Crippen molar-refractivity contribution in [1.82, 2.24) is 19.7 Å². The number of fused-ring (bicyclic) bond motifs is 1. The standard InChI is InChI=1S/C27H23N5O/c1-28-25-15-22(14-23(31-25)18-7-4-3-5-8-18)24-17-30-26-16-20(11-12-32(24)26)19-9-6-10-21(13-19)27(33)29-2/h3-17H,1-2H3,(H,28,31)(H,29,33). The van der Waals surface area contributed by atoms with E-state index in [1.54, 1.807) is 7.05 Å². The molecule has 0 spiro atoms. The highest BCUT2D eigenvalue weighted by Crippen LogP contribution is 2.30. The molecule has 0 saturated heterocycles. The van der Waals surface area contributed by atoms with Crippen molar-refractivity contribution in [1.29, 1.82) is 0 Å². The van der Waals surface area contributed by atoms with E-state index in [2.05, 4.69) is 38.2 Å². The third-order valence-electron chi connectivity index (χ3n) is 5.65. The highest BCUT2D eigenvalue weighted by Gasteiger charge is 2.12. The van der Waals surface area contributed by atoms with Gasteiger partial charge in [-0.1, -0.05) is 42.5 Å². The lowest BCUT2D eigenvalue weighted by Gasteiger charge is -2.10. The molecule has 2 aromatic carbocycles. The Kier molecular flexibility index (Phi) is 5.32. The predicted octanol–water partition coefficient (Wildman–Crippen LogP) is 5.13. The lowest BCUT2D eigenvalue weighted by Crippen LogP contribution is -2.17. The van der Waals surface area contributed by atoms with Crippen molar-refractivity contribution in [2.45, 2.75) is 0 Å². The van der Waals surface area contributed by atoms with Crippen LogP contribution in [0.5, 0.6) is 0 Å². The molecular formula is C27H23N5O. The first-order valence-corrected chi connectivity index (χ1v) is 10.7. The van der Waals surface area contributed by atoms with E-state index in [0.29, 0.717) is 5.56 Å². The zero-order chi connectivity index (χ0) is 22.8. The maximum atomic E-state index is 12.0. The first kappa shape index (κ1) is 20.5. The van der Waals surface area contributed by atoms with Crippen LogP contribution in [-0.4, -0.2) is 34.4 Å². The summed E-state index contributed by atoms with van der Waals surface area (Å²) in [6, 6.07) is 25.9. The predicted molar refractivity (Wildman–Crippen MR) is 132 cm³/mol. The van der Waals surface area contributed by atoms with Gasteiger partial charge < -0.3 is 10.6 Å². The van der Waals surface area contributed by atoms with Gasteiger partial charge >= 0.3 is 0 Å². The first-order chi connectivity index (χ1) is 16.2. The molecule has 2 N–H and O–H groups in total. The number of carbonyl (C=O) groups is 1. The minimum atomic E-state index is -0.103. The van der Waals surface area contributed by atoms with Gasteiger partial charge in [-0.15, -0.1) is 0 Å². The van der Waals surface area contributed by atoms with Gasteiger partial charge in [0, 0.05) is 37.0 Å². The summed E-state index contributed by atoms with van der Waals surface area (Å²) in [5, 5.41) is 5.83. The summed E-state index contributed by atoms with van der Waals surface area (Å²) in [6.45, 7) is 0. The van der Waals surface area contributed by atoms with Crippen LogP contribution in [0, 0.1) is 0 Å². The number of benzene rings is 2. The van der Waals surface area contributed by atoms with Crippen LogP contribution in [0.3, 0.4) is 0 Å². The van der Waals surface area contributed by atoms with Gasteiger partial charge in [0.15, 0.2) is 0 Å². The summed E-state index contributed by atoms with van der Waals surface area (Å²) in [6.07, 6.45) is 3.89. The molecule has 1 amide bonds. The van der Waals surface area contributed by atoms with Crippen molar-refractivity contribution < 1.29 is 4.79 Å². The molecule has 0 atom stereocenters. The van der Waals surface area contributed by atoms with Crippen LogP contribution in [0.25, 0.3) is 39.3 Å². The van der Waals surface area contributed by atoms with Crippen LogP contribution in [-0.2, 0) is 0 Å². The largest absolute Gasteiger partial charge is 0.373 e. The summed E-state index contributed by atoms with van der Waals surface area (Å²) >= 11 is 0. The van der Waals surface area contributed by atoms with Crippen LogP contribution < -0.4 is 10.6 Å². The van der Waals surface area contributed by atoms with Gasteiger partial charge in [0.05, 0.1) is 17.6 Å². The number of rotatable bonds is 5. The van der Waals surface area contributed by atoms with Gasteiger partial charge in [0.25, 0.3) is 5.91 Å². The Bertz CT molecular complexity index is 1460. The Balaban J connectivity index is 1.57. The van der Waals surface area contributed by atoms with E-state index < -0.39 is 0 Å². The minimum absolute atomic E-state index is 0.103. The zero-order valence-electron chi connectivity index (χ0n) is 18.4. The molecule has 5 rings (SSSR count). The van der Waals surface area contributed by atoms with E-state index in [4.69, 9.17) is 4.98 Å². The fraction of sp³-hybridized carbons (Fsp3) is 0.0741. The number of amides is 1. The molecule has 0 unspecified atom stereocenters. The molecule has 0 fully saturated rings. The highest BCUT2D eigenvalue weighted by molar-refractivity contribution is 5.95. The fourth-order valence-electron chi connectivity index (χ4n) is 3.92. The van der Waals surface area contributed by atoms with Crippen molar-refractivity contribution in [3.8, 4) is 33.6 Å². The van der Waals surface area contributed by atoms with Gasteiger partial charge in [0.2, 0.25) is 0 Å². The summed E-state index contributed by atoms with van der Waals surface area (Å²) < 4.78 is 2.07. The quantitative estimate of drug-likeness (QED) is 0.403. The molecule has 0 radical (unpaired) electrons. The van der Waals surface area contributed by atoms with Crippen molar-refractivity contribution in [2.75, 3.05) is 19.4 Å². The molecule has 33 heavy (non-hydrogen) atoms. The maximum Gasteiger partial charge on any atom is 0.251 e. The molecule has 6 heteroatoms. The first-order valence-electron chi connectivity index (χ1n) is 10.7. The number of hydrogen-bond donors (Lipinski definition) is 2. The molecule has 3 aromatic heterocycles. The Morgan fingerprint density at radius 1 is 0.818 bits per heavy atom. The average molecular weight is 434 g/mol. The maximum absolute atomic E-state index is 12.0. The van der Waals surface area contributed by atoms with Crippen molar-refractivity contribution in [3.05, 3.63) is 96.8 Å². The second kappa shape index (κ2) is 8.59. The monoisotopic (exact) mass is 433 g/mol. The molecule has 0 aliphatic carbocycles. The molecule has 0 saturated carbocycles. The fourth-order valence-corrected chi connectivity index (χ4v) is 3.92. The topological polar surface area (TPSA) is 71.3 Å². The number of pyridine rings is 2. The summed E-state index contributed by atoms with van der Waals surface area (Å²) in [5.74, 6) is 0.692. The minimum Gasteiger partial charge on any atom is -0.373 e. The van der Waals surface area contributed by atoms with E-state index in [1.807, 2.05) is 80.1 Å². The lowest BCUT2D eigenvalue weighted by molar-refractivity contribution is 0.0963.